The van der Waals surface area contributed by atoms with Gasteiger partial charge in [-0.05, 0) is 34.7 Å². The zero-order chi connectivity index (χ0) is 20.2. The Morgan fingerprint density at radius 2 is 1.76 bits per heavy atom. The summed E-state index contributed by atoms with van der Waals surface area (Å²) in [6.45, 7) is 1.73. The molecule has 0 unspecified atom stereocenters. The third-order valence-corrected chi connectivity index (χ3v) is 5.43. The standard InChI is InChI=1S/C22H20N4O2S/c23-20(27)17-8-4-7-16(11-17)13-26(12-15-5-2-1-3-6-15)14-19-24-21(28)18-9-10-29-22(18)25-19/h1-11H,12-14H2,(H2,23,27)(H,24,25,28). The van der Waals surface area contributed by atoms with Gasteiger partial charge in [0.05, 0.1) is 11.9 Å². The number of carbonyl (C=O) groups is 1. The summed E-state index contributed by atoms with van der Waals surface area (Å²) >= 11 is 1.45. The Morgan fingerprint density at radius 3 is 2.55 bits per heavy atom. The van der Waals surface area contributed by atoms with Crippen LogP contribution in [-0.4, -0.2) is 20.8 Å². The Bertz CT molecular complexity index is 1200. The fourth-order valence-electron chi connectivity index (χ4n) is 3.29. The monoisotopic (exact) mass is 404 g/mol. The highest BCUT2D eigenvalue weighted by Crippen LogP contribution is 2.17. The largest absolute Gasteiger partial charge is 0.366 e. The van der Waals surface area contributed by atoms with Crippen molar-refractivity contribution < 1.29 is 4.79 Å². The van der Waals surface area contributed by atoms with Crippen molar-refractivity contribution in [2.75, 3.05) is 0 Å². The number of amides is 1. The third-order valence-electron chi connectivity index (χ3n) is 4.62. The summed E-state index contributed by atoms with van der Waals surface area (Å²) in [4.78, 5) is 34.3. The minimum atomic E-state index is -0.449. The third kappa shape index (κ3) is 4.59. The van der Waals surface area contributed by atoms with Crippen molar-refractivity contribution in [3.8, 4) is 0 Å². The van der Waals surface area contributed by atoms with Crippen LogP contribution in [0.4, 0.5) is 0 Å². The molecule has 3 N–H and O–H groups in total. The molecule has 0 aliphatic rings. The predicted molar refractivity (Wildman–Crippen MR) is 115 cm³/mol. The first-order chi connectivity index (χ1) is 14.1. The Balaban J connectivity index is 1.63. The van der Waals surface area contributed by atoms with Crippen molar-refractivity contribution in [3.63, 3.8) is 0 Å². The summed E-state index contributed by atoms with van der Waals surface area (Å²) < 4.78 is 0. The number of thiophene rings is 1. The molecule has 2 aromatic heterocycles. The number of carbonyl (C=O) groups excluding carboxylic acids is 1. The van der Waals surface area contributed by atoms with Crippen LogP contribution >= 0.6 is 11.3 Å². The highest BCUT2D eigenvalue weighted by atomic mass is 32.1. The molecule has 29 heavy (non-hydrogen) atoms. The lowest BCUT2D eigenvalue weighted by Crippen LogP contribution is -2.25. The maximum absolute atomic E-state index is 12.3. The van der Waals surface area contributed by atoms with Crippen LogP contribution in [-0.2, 0) is 19.6 Å². The zero-order valence-electron chi connectivity index (χ0n) is 15.7. The van der Waals surface area contributed by atoms with E-state index in [9.17, 15) is 9.59 Å². The summed E-state index contributed by atoms with van der Waals surface area (Å²) in [5.41, 5.74) is 7.90. The summed E-state index contributed by atoms with van der Waals surface area (Å²) in [7, 11) is 0. The van der Waals surface area contributed by atoms with E-state index in [1.807, 2.05) is 35.7 Å². The van der Waals surface area contributed by atoms with Crippen molar-refractivity contribution in [3.05, 3.63) is 98.9 Å². The van der Waals surface area contributed by atoms with Gasteiger partial charge >= 0.3 is 0 Å². The smallest absolute Gasteiger partial charge is 0.259 e. The number of H-pyrrole nitrogens is 1. The Hall–Kier alpha value is -3.29. The van der Waals surface area contributed by atoms with Gasteiger partial charge in [0.25, 0.3) is 5.56 Å². The molecule has 2 heterocycles. The molecule has 4 aromatic rings. The van der Waals surface area contributed by atoms with Crippen molar-refractivity contribution in [1.82, 2.24) is 14.9 Å². The van der Waals surface area contributed by atoms with E-state index in [4.69, 9.17) is 5.73 Å². The minimum Gasteiger partial charge on any atom is -0.366 e. The van der Waals surface area contributed by atoms with Crippen LogP contribution in [0, 0.1) is 0 Å². The maximum Gasteiger partial charge on any atom is 0.259 e. The Kier molecular flexibility index (Phi) is 5.50. The van der Waals surface area contributed by atoms with E-state index in [-0.39, 0.29) is 5.56 Å². The van der Waals surface area contributed by atoms with Gasteiger partial charge in [-0.1, -0.05) is 42.5 Å². The number of benzene rings is 2. The predicted octanol–water partition coefficient (Wildman–Crippen LogP) is 3.29. The number of fused-ring (bicyclic) bond motifs is 1. The van der Waals surface area contributed by atoms with Crippen molar-refractivity contribution >= 4 is 27.5 Å². The van der Waals surface area contributed by atoms with Crippen LogP contribution in [0.5, 0.6) is 0 Å². The molecule has 1 amide bonds. The lowest BCUT2D eigenvalue weighted by atomic mass is 10.1. The lowest BCUT2D eigenvalue weighted by molar-refractivity contribution is 0.1000. The highest BCUT2D eigenvalue weighted by molar-refractivity contribution is 7.16. The Morgan fingerprint density at radius 1 is 1.00 bits per heavy atom. The first-order valence-corrected chi connectivity index (χ1v) is 10.1. The van der Waals surface area contributed by atoms with E-state index in [1.54, 1.807) is 18.2 Å². The first-order valence-electron chi connectivity index (χ1n) is 9.20. The molecule has 146 valence electrons. The van der Waals surface area contributed by atoms with Crippen molar-refractivity contribution in [2.45, 2.75) is 19.6 Å². The number of hydrogen-bond acceptors (Lipinski definition) is 5. The highest BCUT2D eigenvalue weighted by Gasteiger charge is 2.13. The number of aromatic nitrogens is 2. The first kappa shape index (κ1) is 19.0. The van der Waals surface area contributed by atoms with Crippen LogP contribution in [0.25, 0.3) is 10.2 Å². The van der Waals surface area contributed by atoms with Gasteiger partial charge in [-0.2, -0.15) is 0 Å². The molecule has 6 nitrogen and oxygen atoms in total. The van der Waals surface area contributed by atoms with Crippen LogP contribution in [0.15, 0.2) is 70.8 Å². The van der Waals surface area contributed by atoms with E-state index in [0.717, 1.165) is 16.0 Å². The Labute approximate surface area is 171 Å². The number of hydrogen-bond donors (Lipinski definition) is 2. The van der Waals surface area contributed by atoms with Crippen LogP contribution < -0.4 is 11.3 Å². The van der Waals surface area contributed by atoms with Gasteiger partial charge in [0, 0.05) is 18.7 Å². The summed E-state index contributed by atoms with van der Waals surface area (Å²) in [5.74, 6) is 0.169. The fraction of sp³-hybridized carbons (Fsp3) is 0.136. The number of aromatic amines is 1. The van der Waals surface area contributed by atoms with Crippen LogP contribution in [0.1, 0.15) is 27.3 Å². The second kappa shape index (κ2) is 8.38. The summed E-state index contributed by atoms with van der Waals surface area (Å²) in [5, 5.41) is 2.48. The number of nitrogens with one attached hydrogen (secondary N) is 1. The maximum atomic E-state index is 12.3. The summed E-state index contributed by atoms with van der Waals surface area (Å²) in [6.07, 6.45) is 0. The van der Waals surface area contributed by atoms with Gasteiger partial charge in [-0.25, -0.2) is 4.98 Å². The van der Waals surface area contributed by atoms with Gasteiger partial charge in [0.15, 0.2) is 0 Å². The minimum absolute atomic E-state index is 0.123. The molecule has 0 radical (unpaired) electrons. The number of nitrogens with zero attached hydrogens (tertiary/aromatic N) is 2. The normalized spacial score (nSPS) is 11.2. The van der Waals surface area contributed by atoms with Crippen LogP contribution in [0.3, 0.4) is 0 Å². The summed E-state index contributed by atoms with van der Waals surface area (Å²) in [6, 6.07) is 19.2. The van der Waals surface area contributed by atoms with E-state index in [2.05, 4.69) is 27.0 Å². The zero-order valence-corrected chi connectivity index (χ0v) is 16.5. The van der Waals surface area contributed by atoms with Gasteiger partial charge in [0.2, 0.25) is 5.91 Å². The molecular weight excluding hydrogens is 384 g/mol. The second-order valence-corrected chi connectivity index (χ2v) is 7.74. The molecule has 0 aliphatic carbocycles. The molecule has 0 fully saturated rings. The van der Waals surface area contributed by atoms with Gasteiger partial charge in [-0.3, -0.25) is 14.5 Å². The SMILES string of the molecule is NC(=O)c1cccc(CN(Cc2ccccc2)Cc2nc3sccc3c(=O)[nH]2)c1. The van der Waals surface area contributed by atoms with Crippen LogP contribution in [0.2, 0.25) is 0 Å². The molecule has 4 rings (SSSR count). The number of primary amides is 1. The topological polar surface area (TPSA) is 92.1 Å². The molecule has 0 aliphatic heterocycles. The fourth-order valence-corrected chi connectivity index (χ4v) is 4.07. The second-order valence-electron chi connectivity index (χ2n) is 6.85. The molecular formula is C22H20N4O2S. The van der Waals surface area contributed by atoms with Gasteiger partial charge in [0.1, 0.15) is 10.7 Å². The van der Waals surface area contributed by atoms with Crippen molar-refractivity contribution in [2.24, 2.45) is 5.73 Å². The molecule has 0 bridgehead atoms. The lowest BCUT2D eigenvalue weighted by Gasteiger charge is -2.22. The van der Waals surface area contributed by atoms with Gasteiger partial charge in [-0.15, -0.1) is 11.3 Å². The van der Waals surface area contributed by atoms with E-state index in [0.29, 0.717) is 36.4 Å². The molecule has 0 spiro atoms. The molecule has 7 heteroatoms. The molecule has 0 atom stereocenters. The average molecular weight is 404 g/mol. The number of nitrogens with two attached hydrogens (primary N) is 1. The number of rotatable bonds is 7. The average Bonchev–Trinajstić information content (AvgIpc) is 3.18. The van der Waals surface area contributed by atoms with E-state index < -0.39 is 5.91 Å². The van der Waals surface area contributed by atoms with Crippen molar-refractivity contribution in [1.29, 1.82) is 0 Å². The quantitative estimate of drug-likeness (QED) is 0.494. The van der Waals surface area contributed by atoms with E-state index >= 15 is 0 Å². The molecule has 0 saturated heterocycles. The molecule has 0 saturated carbocycles. The van der Waals surface area contributed by atoms with E-state index in [1.165, 1.54) is 11.3 Å². The molecule has 2 aromatic carbocycles. The van der Waals surface area contributed by atoms with Gasteiger partial charge < -0.3 is 10.7 Å².